The molecule has 0 fully saturated rings. The first-order chi connectivity index (χ1) is 11.8. The van der Waals surface area contributed by atoms with Crippen LogP contribution in [0.4, 0.5) is 0 Å². The molecule has 134 valence electrons. The Kier molecular flexibility index (Phi) is 6.87. The molecule has 0 unspecified atom stereocenters. The molecule has 1 amide bonds. The summed E-state index contributed by atoms with van der Waals surface area (Å²) >= 11 is 7.06. The Morgan fingerprint density at radius 1 is 1.20 bits per heavy atom. The van der Waals surface area contributed by atoms with Gasteiger partial charge in [0, 0.05) is 8.95 Å². The third-order valence-corrected chi connectivity index (χ3v) is 5.12. The van der Waals surface area contributed by atoms with Gasteiger partial charge >= 0.3 is 0 Å². The number of hydrogen-bond donors (Lipinski definition) is 3. The van der Waals surface area contributed by atoms with E-state index >= 15 is 0 Å². The number of carbonyl (C=O) groups excluding carboxylic acids is 1. The topological polar surface area (TPSA) is 78.8 Å². The molecule has 0 saturated heterocycles. The van der Waals surface area contributed by atoms with E-state index in [9.17, 15) is 9.90 Å². The van der Waals surface area contributed by atoms with Crippen molar-refractivity contribution >= 4 is 37.8 Å². The molecular weight excluding hydrogens is 454 g/mol. The third kappa shape index (κ3) is 5.20. The molecule has 0 aliphatic rings. The molecule has 0 saturated carbocycles. The van der Waals surface area contributed by atoms with Gasteiger partial charge in [-0.25, -0.2) is 5.48 Å². The number of nitrogens with one attached hydrogen (secondary N) is 1. The molecule has 2 aromatic rings. The second-order valence-electron chi connectivity index (χ2n) is 5.91. The second kappa shape index (κ2) is 8.69. The third-order valence-electron chi connectivity index (χ3n) is 3.70. The predicted octanol–water partition coefficient (Wildman–Crippen LogP) is 4.52. The first kappa shape index (κ1) is 19.8. The van der Waals surface area contributed by atoms with Gasteiger partial charge in [-0.2, -0.15) is 0 Å². The van der Waals surface area contributed by atoms with Crippen LogP contribution in [0.1, 0.15) is 36.5 Å². The number of amides is 1. The van der Waals surface area contributed by atoms with E-state index < -0.39 is 5.91 Å². The van der Waals surface area contributed by atoms with E-state index in [1.165, 1.54) is 5.48 Å². The standard InChI is InChI=1S/C18H19Br2NO4/c1-10(2)13-5-11(3-4-17(13)22)6-14-15(19)7-12(8-16(14)20)25-9-18(23)21-24/h3-5,7-8,10,22,24H,6,9H2,1-2H3,(H,21,23). The van der Waals surface area contributed by atoms with E-state index in [0.29, 0.717) is 17.9 Å². The lowest BCUT2D eigenvalue weighted by Gasteiger charge is -2.14. The number of halogens is 2. The zero-order valence-corrected chi connectivity index (χ0v) is 17.0. The number of hydrogen-bond acceptors (Lipinski definition) is 4. The fourth-order valence-corrected chi connectivity index (χ4v) is 3.82. The smallest absolute Gasteiger partial charge is 0.281 e. The van der Waals surface area contributed by atoms with Gasteiger partial charge in [-0.05, 0) is 47.2 Å². The van der Waals surface area contributed by atoms with Gasteiger partial charge in [0.25, 0.3) is 5.91 Å². The molecular formula is C18H19Br2NO4. The van der Waals surface area contributed by atoms with E-state index in [0.717, 1.165) is 25.6 Å². The van der Waals surface area contributed by atoms with Crippen molar-refractivity contribution in [2.24, 2.45) is 0 Å². The monoisotopic (exact) mass is 471 g/mol. The largest absolute Gasteiger partial charge is 0.508 e. The highest BCUT2D eigenvalue weighted by Crippen LogP contribution is 2.34. The summed E-state index contributed by atoms with van der Waals surface area (Å²) in [5.74, 6) is 0.421. The number of phenolic OH excluding ortho intramolecular Hbond substituents is 1. The van der Waals surface area contributed by atoms with E-state index in [2.05, 4.69) is 31.9 Å². The lowest BCUT2D eigenvalue weighted by atomic mass is 9.96. The van der Waals surface area contributed by atoms with Crippen molar-refractivity contribution < 1.29 is 19.8 Å². The average Bonchev–Trinajstić information content (AvgIpc) is 2.57. The highest BCUT2D eigenvalue weighted by Gasteiger charge is 2.13. The van der Waals surface area contributed by atoms with Crippen LogP contribution in [0, 0.1) is 0 Å². The first-order valence-corrected chi connectivity index (χ1v) is 9.25. The Hall–Kier alpha value is -1.57. The molecule has 25 heavy (non-hydrogen) atoms. The molecule has 3 N–H and O–H groups in total. The maximum Gasteiger partial charge on any atom is 0.281 e. The van der Waals surface area contributed by atoms with Crippen molar-refractivity contribution in [3.05, 3.63) is 56.0 Å². The summed E-state index contributed by atoms with van der Waals surface area (Å²) in [6, 6.07) is 9.17. The number of benzene rings is 2. The fraction of sp³-hybridized carbons (Fsp3) is 0.278. The van der Waals surface area contributed by atoms with Crippen molar-refractivity contribution in [3.8, 4) is 11.5 Å². The van der Waals surface area contributed by atoms with E-state index in [-0.39, 0.29) is 12.5 Å². The maximum atomic E-state index is 11.0. The van der Waals surface area contributed by atoms with Crippen molar-refractivity contribution in [1.29, 1.82) is 0 Å². The van der Waals surface area contributed by atoms with Crippen LogP contribution in [0.5, 0.6) is 11.5 Å². The van der Waals surface area contributed by atoms with Crippen LogP contribution in [0.15, 0.2) is 39.3 Å². The Morgan fingerprint density at radius 2 is 1.84 bits per heavy atom. The van der Waals surface area contributed by atoms with Crippen LogP contribution in [-0.4, -0.2) is 22.8 Å². The minimum Gasteiger partial charge on any atom is -0.508 e. The molecule has 0 aliphatic carbocycles. The number of rotatable bonds is 6. The molecule has 0 spiro atoms. The predicted molar refractivity (Wildman–Crippen MR) is 102 cm³/mol. The summed E-state index contributed by atoms with van der Waals surface area (Å²) in [4.78, 5) is 11.0. The van der Waals surface area contributed by atoms with E-state index in [1.54, 1.807) is 18.2 Å². The van der Waals surface area contributed by atoms with Gasteiger partial charge in [0.15, 0.2) is 6.61 Å². The van der Waals surface area contributed by atoms with Crippen LogP contribution in [0.3, 0.4) is 0 Å². The zero-order valence-electron chi connectivity index (χ0n) is 13.8. The molecule has 0 bridgehead atoms. The van der Waals surface area contributed by atoms with Crippen LogP contribution >= 0.6 is 31.9 Å². The molecule has 0 aromatic heterocycles. The van der Waals surface area contributed by atoms with Crippen molar-refractivity contribution in [2.45, 2.75) is 26.2 Å². The van der Waals surface area contributed by atoms with Gasteiger partial charge in [0.2, 0.25) is 0 Å². The Morgan fingerprint density at radius 3 is 2.40 bits per heavy atom. The van der Waals surface area contributed by atoms with E-state index in [1.807, 2.05) is 26.0 Å². The number of hydroxylamine groups is 1. The summed E-state index contributed by atoms with van der Waals surface area (Å²) < 4.78 is 6.99. The van der Waals surface area contributed by atoms with Crippen LogP contribution in [0.25, 0.3) is 0 Å². The van der Waals surface area contributed by atoms with Crippen LogP contribution < -0.4 is 10.2 Å². The maximum absolute atomic E-state index is 11.0. The van der Waals surface area contributed by atoms with Gasteiger partial charge < -0.3 is 9.84 Å². The Labute approximate surface area is 163 Å². The van der Waals surface area contributed by atoms with Gasteiger partial charge in [-0.1, -0.05) is 57.8 Å². The molecule has 5 nitrogen and oxygen atoms in total. The summed E-state index contributed by atoms with van der Waals surface area (Å²) in [6.07, 6.45) is 0.665. The highest BCUT2D eigenvalue weighted by molar-refractivity contribution is 9.11. The number of carbonyl (C=O) groups is 1. The normalized spacial score (nSPS) is 10.8. The molecule has 7 heteroatoms. The molecule has 0 radical (unpaired) electrons. The second-order valence-corrected chi connectivity index (χ2v) is 7.62. The molecule has 0 heterocycles. The quantitative estimate of drug-likeness (QED) is 0.426. The molecule has 0 atom stereocenters. The van der Waals surface area contributed by atoms with E-state index in [4.69, 9.17) is 9.94 Å². The molecule has 0 aliphatic heterocycles. The molecule has 2 aromatic carbocycles. The van der Waals surface area contributed by atoms with Gasteiger partial charge in [0.1, 0.15) is 11.5 Å². The zero-order chi connectivity index (χ0) is 18.6. The average molecular weight is 473 g/mol. The van der Waals surface area contributed by atoms with Crippen molar-refractivity contribution in [1.82, 2.24) is 5.48 Å². The summed E-state index contributed by atoms with van der Waals surface area (Å²) in [6.45, 7) is 3.81. The van der Waals surface area contributed by atoms with Gasteiger partial charge in [-0.3, -0.25) is 10.0 Å². The Balaban J connectivity index is 2.23. The summed E-state index contributed by atoms with van der Waals surface area (Å²) in [5, 5.41) is 18.5. The first-order valence-electron chi connectivity index (χ1n) is 7.67. The Bertz CT molecular complexity index is 755. The number of ether oxygens (including phenoxy) is 1. The van der Waals surface area contributed by atoms with Crippen molar-refractivity contribution in [3.63, 3.8) is 0 Å². The fourth-order valence-electron chi connectivity index (χ4n) is 2.39. The summed E-state index contributed by atoms with van der Waals surface area (Å²) in [7, 11) is 0. The highest BCUT2D eigenvalue weighted by atomic mass is 79.9. The van der Waals surface area contributed by atoms with Gasteiger partial charge in [-0.15, -0.1) is 0 Å². The number of aromatic hydroxyl groups is 1. The number of phenols is 1. The minimum absolute atomic E-state index is 0.236. The SMILES string of the molecule is CC(C)c1cc(Cc2c(Br)cc(OCC(=O)NO)cc2Br)ccc1O. The summed E-state index contributed by atoms with van der Waals surface area (Å²) in [5.41, 5.74) is 4.54. The lowest BCUT2D eigenvalue weighted by molar-refractivity contribution is -0.131. The van der Waals surface area contributed by atoms with Crippen molar-refractivity contribution in [2.75, 3.05) is 6.61 Å². The minimum atomic E-state index is -0.623. The molecule has 2 rings (SSSR count). The van der Waals surface area contributed by atoms with Gasteiger partial charge in [0.05, 0.1) is 0 Å². The lowest BCUT2D eigenvalue weighted by Crippen LogP contribution is -2.25. The van der Waals surface area contributed by atoms with Crippen LogP contribution in [-0.2, 0) is 11.2 Å². The van der Waals surface area contributed by atoms with Crippen LogP contribution in [0.2, 0.25) is 0 Å².